The van der Waals surface area contributed by atoms with Gasteiger partial charge < -0.3 is 9.64 Å². The summed E-state index contributed by atoms with van der Waals surface area (Å²) < 4.78 is 7.86. The number of aromatic nitrogens is 6. The average molecular weight is 436 g/mol. The van der Waals surface area contributed by atoms with Crippen LogP contribution >= 0.6 is 0 Å². The lowest BCUT2D eigenvalue weighted by Crippen LogP contribution is -2.39. The van der Waals surface area contributed by atoms with E-state index in [2.05, 4.69) is 23.8 Å². The van der Waals surface area contributed by atoms with Gasteiger partial charge in [0.1, 0.15) is 11.6 Å². The fraction of sp³-hybridized carbons (Fsp3) is 0.625. The first kappa shape index (κ1) is 21.2. The van der Waals surface area contributed by atoms with E-state index in [0.717, 1.165) is 53.5 Å². The second-order valence-corrected chi connectivity index (χ2v) is 10.2. The molecule has 0 spiro atoms. The molecule has 32 heavy (non-hydrogen) atoms. The van der Waals surface area contributed by atoms with E-state index in [1.54, 1.807) is 0 Å². The molecule has 5 rings (SSSR count). The molecular formula is C24H33N7O. The lowest BCUT2D eigenvalue weighted by atomic mass is 9.72. The van der Waals surface area contributed by atoms with Crippen molar-refractivity contribution in [1.29, 1.82) is 0 Å². The molecule has 0 radical (unpaired) electrons. The van der Waals surface area contributed by atoms with E-state index in [9.17, 15) is 0 Å². The quantitative estimate of drug-likeness (QED) is 0.614. The molecule has 1 aliphatic heterocycles. The van der Waals surface area contributed by atoms with Crippen LogP contribution < -0.4 is 4.90 Å². The van der Waals surface area contributed by atoms with Crippen LogP contribution in [0.1, 0.15) is 74.2 Å². The normalized spacial score (nSPS) is 21.9. The Kier molecular flexibility index (Phi) is 5.35. The molecule has 1 atom stereocenters. The number of morpholine rings is 1. The molecule has 1 saturated heterocycles. The van der Waals surface area contributed by atoms with Crippen molar-refractivity contribution in [3.05, 3.63) is 35.0 Å². The zero-order valence-electron chi connectivity index (χ0n) is 19.8. The van der Waals surface area contributed by atoms with Crippen LogP contribution in [-0.4, -0.2) is 49.4 Å². The highest BCUT2D eigenvalue weighted by Gasteiger charge is 2.32. The number of rotatable bonds is 3. The topological polar surface area (TPSA) is 81.9 Å². The van der Waals surface area contributed by atoms with E-state index in [1.165, 1.54) is 12.8 Å². The molecule has 0 amide bonds. The van der Waals surface area contributed by atoms with Crippen molar-refractivity contribution in [3.63, 3.8) is 0 Å². The van der Waals surface area contributed by atoms with Crippen molar-refractivity contribution < 1.29 is 4.74 Å². The molecule has 1 aliphatic carbocycles. The van der Waals surface area contributed by atoms with E-state index in [0.29, 0.717) is 30.1 Å². The minimum absolute atomic E-state index is 0.0403. The van der Waals surface area contributed by atoms with Gasteiger partial charge in [-0.25, -0.2) is 15.0 Å². The van der Waals surface area contributed by atoms with Gasteiger partial charge in [0.15, 0.2) is 5.65 Å². The molecule has 8 nitrogen and oxygen atoms in total. The molecule has 4 heterocycles. The van der Waals surface area contributed by atoms with Crippen LogP contribution in [-0.2, 0) is 11.8 Å². The molecule has 0 bridgehead atoms. The SMILES string of the molecule is Cc1nc2nc(N3CCO[C@@H](c4cnn(C)c4)C3)nc(C3CCC(C)(C)CC3)c2nc1C. The van der Waals surface area contributed by atoms with Crippen molar-refractivity contribution in [2.45, 2.75) is 65.4 Å². The number of nitrogens with zero attached hydrogens (tertiary/aromatic N) is 7. The van der Waals surface area contributed by atoms with Gasteiger partial charge in [-0.1, -0.05) is 13.8 Å². The number of ether oxygens (including phenoxy) is 1. The molecule has 0 aromatic carbocycles. The first-order valence-corrected chi connectivity index (χ1v) is 11.7. The van der Waals surface area contributed by atoms with E-state index in [-0.39, 0.29) is 6.10 Å². The molecule has 1 saturated carbocycles. The Morgan fingerprint density at radius 1 is 1.03 bits per heavy atom. The van der Waals surface area contributed by atoms with Crippen LogP contribution in [0, 0.1) is 19.3 Å². The summed E-state index contributed by atoms with van der Waals surface area (Å²) in [4.78, 5) is 22.0. The Bertz CT molecular complexity index is 1130. The second-order valence-electron chi connectivity index (χ2n) is 10.2. The van der Waals surface area contributed by atoms with Crippen LogP contribution in [0.4, 0.5) is 5.95 Å². The molecule has 0 N–H and O–H groups in total. The molecule has 2 fully saturated rings. The average Bonchev–Trinajstić information content (AvgIpc) is 3.21. The molecular weight excluding hydrogens is 402 g/mol. The summed E-state index contributed by atoms with van der Waals surface area (Å²) in [6, 6.07) is 0. The fourth-order valence-corrected chi connectivity index (χ4v) is 4.86. The summed E-state index contributed by atoms with van der Waals surface area (Å²) >= 11 is 0. The van der Waals surface area contributed by atoms with Gasteiger partial charge in [-0.3, -0.25) is 4.68 Å². The maximum Gasteiger partial charge on any atom is 0.227 e. The largest absolute Gasteiger partial charge is 0.370 e. The van der Waals surface area contributed by atoms with Crippen LogP contribution in [0.5, 0.6) is 0 Å². The smallest absolute Gasteiger partial charge is 0.227 e. The first-order chi connectivity index (χ1) is 15.3. The molecule has 0 unspecified atom stereocenters. The number of aryl methyl sites for hydroxylation is 3. The minimum Gasteiger partial charge on any atom is -0.370 e. The van der Waals surface area contributed by atoms with E-state index < -0.39 is 0 Å². The highest BCUT2D eigenvalue weighted by atomic mass is 16.5. The Morgan fingerprint density at radius 2 is 1.78 bits per heavy atom. The molecule has 3 aromatic heterocycles. The predicted molar refractivity (Wildman–Crippen MR) is 124 cm³/mol. The second kappa shape index (κ2) is 8.06. The summed E-state index contributed by atoms with van der Waals surface area (Å²) in [5, 5.41) is 4.30. The van der Waals surface area contributed by atoms with Crippen molar-refractivity contribution >= 4 is 17.1 Å². The first-order valence-electron chi connectivity index (χ1n) is 11.7. The lowest BCUT2D eigenvalue weighted by molar-refractivity contribution is 0.0392. The Labute approximate surface area is 189 Å². The molecule has 8 heteroatoms. The number of fused-ring (bicyclic) bond motifs is 1. The standard InChI is InChI=1S/C24H33N7O/c1-15-16(2)27-22-21(26-15)20(17-6-8-24(3,4)9-7-17)28-23(29-22)31-10-11-32-19(14-31)18-12-25-30(5)13-18/h12-13,17,19H,6-11,14H2,1-5H3/t19-/m1/s1. The van der Waals surface area contributed by atoms with Crippen molar-refractivity contribution in [2.75, 3.05) is 24.6 Å². The van der Waals surface area contributed by atoms with E-state index in [1.807, 2.05) is 38.0 Å². The minimum atomic E-state index is -0.0403. The molecule has 170 valence electrons. The zero-order chi connectivity index (χ0) is 22.5. The number of anilines is 1. The van der Waals surface area contributed by atoms with Gasteiger partial charge in [0, 0.05) is 31.3 Å². The van der Waals surface area contributed by atoms with Gasteiger partial charge in [0.25, 0.3) is 0 Å². The monoisotopic (exact) mass is 435 g/mol. The third kappa shape index (κ3) is 4.08. The van der Waals surface area contributed by atoms with Crippen molar-refractivity contribution in [3.8, 4) is 0 Å². The van der Waals surface area contributed by atoms with Crippen LogP contribution in [0.3, 0.4) is 0 Å². The summed E-state index contributed by atoms with van der Waals surface area (Å²) in [6.45, 7) is 10.8. The molecule has 2 aliphatic rings. The Balaban J connectivity index is 1.52. The molecule has 3 aromatic rings. The van der Waals surface area contributed by atoms with Crippen LogP contribution in [0.2, 0.25) is 0 Å². The van der Waals surface area contributed by atoms with Crippen molar-refractivity contribution in [2.24, 2.45) is 12.5 Å². The third-order valence-electron chi connectivity index (χ3n) is 7.13. The Morgan fingerprint density at radius 3 is 2.50 bits per heavy atom. The van der Waals surface area contributed by atoms with Crippen molar-refractivity contribution in [1.82, 2.24) is 29.7 Å². The van der Waals surface area contributed by atoms with Gasteiger partial charge in [-0.2, -0.15) is 10.1 Å². The summed E-state index contributed by atoms with van der Waals surface area (Å²) in [7, 11) is 1.93. The maximum absolute atomic E-state index is 6.04. The lowest BCUT2D eigenvalue weighted by Gasteiger charge is -2.35. The summed E-state index contributed by atoms with van der Waals surface area (Å²) in [5.74, 6) is 1.14. The van der Waals surface area contributed by atoms with E-state index in [4.69, 9.17) is 24.7 Å². The van der Waals surface area contributed by atoms with Gasteiger partial charge >= 0.3 is 0 Å². The van der Waals surface area contributed by atoms with Gasteiger partial charge in [0.05, 0.1) is 36.4 Å². The van der Waals surface area contributed by atoms with Gasteiger partial charge in [0.2, 0.25) is 5.95 Å². The third-order valence-corrected chi connectivity index (χ3v) is 7.13. The zero-order valence-corrected chi connectivity index (χ0v) is 19.8. The van der Waals surface area contributed by atoms with E-state index >= 15 is 0 Å². The van der Waals surface area contributed by atoms with Gasteiger partial charge in [-0.15, -0.1) is 0 Å². The highest BCUT2D eigenvalue weighted by Crippen LogP contribution is 2.43. The van der Waals surface area contributed by atoms with Crippen LogP contribution in [0.15, 0.2) is 12.4 Å². The predicted octanol–water partition coefficient (Wildman–Crippen LogP) is 4.03. The highest BCUT2D eigenvalue weighted by molar-refractivity contribution is 5.75. The van der Waals surface area contributed by atoms with Gasteiger partial charge in [-0.05, 0) is 44.9 Å². The van der Waals surface area contributed by atoms with Crippen LogP contribution in [0.25, 0.3) is 11.2 Å². The number of hydrogen-bond acceptors (Lipinski definition) is 7. The Hall–Kier alpha value is -2.61. The summed E-state index contributed by atoms with van der Waals surface area (Å²) in [6.07, 6.45) is 8.53. The summed E-state index contributed by atoms with van der Waals surface area (Å²) in [5.41, 5.74) is 6.02. The fourth-order valence-electron chi connectivity index (χ4n) is 4.86. The maximum atomic E-state index is 6.04. The number of hydrogen-bond donors (Lipinski definition) is 0.